The first-order valence-electron chi connectivity index (χ1n) is 9.20. The molecular weight excluding hydrogens is 342 g/mol. The molecule has 5 nitrogen and oxygen atoms in total. The van der Waals surface area contributed by atoms with Crippen LogP contribution in [0.3, 0.4) is 0 Å². The Morgan fingerprint density at radius 1 is 1.19 bits per heavy atom. The molecule has 2 N–H and O–H groups in total. The molecule has 1 aromatic carbocycles. The van der Waals surface area contributed by atoms with E-state index in [1.165, 1.54) is 11.1 Å². The maximum absolute atomic E-state index is 5.95. The summed E-state index contributed by atoms with van der Waals surface area (Å²) in [6.07, 6.45) is 6.26. The number of nitrogen functional groups attached to an aromatic ring is 1. The Labute approximate surface area is 158 Å². The van der Waals surface area contributed by atoms with Crippen molar-refractivity contribution in [2.75, 3.05) is 18.8 Å². The minimum atomic E-state index is -0.0283. The van der Waals surface area contributed by atoms with Gasteiger partial charge >= 0.3 is 0 Å². The van der Waals surface area contributed by atoms with Gasteiger partial charge in [0.15, 0.2) is 5.13 Å². The average Bonchev–Trinajstić information content (AvgIpc) is 3.32. The van der Waals surface area contributed by atoms with Crippen LogP contribution in [0.1, 0.15) is 36.6 Å². The lowest BCUT2D eigenvalue weighted by Gasteiger charge is -2.41. The number of aromatic nitrogens is 3. The molecular formula is C20H25N5S. The first-order valence-corrected chi connectivity index (χ1v) is 10.1. The van der Waals surface area contributed by atoms with Crippen LogP contribution in [0.5, 0.6) is 0 Å². The van der Waals surface area contributed by atoms with Crippen molar-refractivity contribution in [1.29, 1.82) is 0 Å². The van der Waals surface area contributed by atoms with E-state index in [9.17, 15) is 0 Å². The lowest BCUT2D eigenvalue weighted by Crippen LogP contribution is -2.43. The summed E-state index contributed by atoms with van der Waals surface area (Å²) in [6, 6.07) is 10.8. The number of thiazole rings is 1. The molecule has 0 amide bonds. The first kappa shape index (κ1) is 17.2. The lowest BCUT2D eigenvalue weighted by atomic mass is 9.70. The average molecular weight is 368 g/mol. The van der Waals surface area contributed by atoms with Gasteiger partial charge in [0.25, 0.3) is 0 Å². The lowest BCUT2D eigenvalue weighted by molar-refractivity contribution is 0.170. The van der Waals surface area contributed by atoms with Gasteiger partial charge in [-0.3, -0.25) is 9.58 Å². The van der Waals surface area contributed by atoms with Crippen LogP contribution in [0.4, 0.5) is 5.13 Å². The third-order valence-electron chi connectivity index (χ3n) is 5.47. The molecule has 0 aliphatic carbocycles. The largest absolute Gasteiger partial charge is 0.375 e. The molecule has 1 fully saturated rings. The van der Waals surface area contributed by atoms with Crippen molar-refractivity contribution in [3.8, 4) is 0 Å². The fourth-order valence-electron chi connectivity index (χ4n) is 3.97. The molecule has 1 saturated heterocycles. The summed E-state index contributed by atoms with van der Waals surface area (Å²) in [5, 5.41) is 7.19. The van der Waals surface area contributed by atoms with Gasteiger partial charge in [0.1, 0.15) is 0 Å². The van der Waals surface area contributed by atoms with Gasteiger partial charge < -0.3 is 5.73 Å². The molecule has 0 saturated carbocycles. The molecule has 2 aromatic heterocycles. The van der Waals surface area contributed by atoms with Crippen LogP contribution < -0.4 is 5.73 Å². The highest BCUT2D eigenvalue weighted by Crippen LogP contribution is 2.42. The van der Waals surface area contributed by atoms with Crippen LogP contribution in [0.15, 0.2) is 48.1 Å². The number of piperidine rings is 1. The normalized spacial score (nSPS) is 17.4. The van der Waals surface area contributed by atoms with Crippen molar-refractivity contribution >= 4 is 16.5 Å². The maximum Gasteiger partial charge on any atom is 0.180 e. The van der Waals surface area contributed by atoms with Gasteiger partial charge in [-0.25, -0.2) is 4.98 Å². The number of rotatable bonds is 5. The molecule has 4 rings (SSSR count). The summed E-state index contributed by atoms with van der Waals surface area (Å²) in [5.41, 5.74) is 9.70. The van der Waals surface area contributed by atoms with E-state index >= 15 is 0 Å². The predicted octanol–water partition coefficient (Wildman–Crippen LogP) is 3.52. The van der Waals surface area contributed by atoms with Crippen molar-refractivity contribution < 1.29 is 0 Å². The van der Waals surface area contributed by atoms with Crippen LogP contribution in [-0.4, -0.2) is 32.8 Å². The van der Waals surface area contributed by atoms with Gasteiger partial charge in [-0.1, -0.05) is 30.3 Å². The predicted molar refractivity (Wildman–Crippen MR) is 106 cm³/mol. The number of hydrogen-bond acceptors (Lipinski definition) is 5. The summed E-state index contributed by atoms with van der Waals surface area (Å²) < 4.78 is 1.99. The smallest absolute Gasteiger partial charge is 0.180 e. The van der Waals surface area contributed by atoms with E-state index in [0.29, 0.717) is 5.13 Å². The molecule has 6 heteroatoms. The number of aryl methyl sites for hydroxylation is 1. The van der Waals surface area contributed by atoms with Crippen molar-refractivity contribution in [2.45, 2.75) is 38.3 Å². The first-order chi connectivity index (χ1) is 12.7. The summed E-state index contributed by atoms with van der Waals surface area (Å²) in [7, 11) is 0. The van der Waals surface area contributed by atoms with E-state index in [1.54, 1.807) is 11.3 Å². The van der Waals surface area contributed by atoms with Crippen LogP contribution in [0, 0.1) is 0 Å². The second kappa shape index (κ2) is 7.21. The Kier molecular flexibility index (Phi) is 4.78. The fraction of sp³-hybridized carbons (Fsp3) is 0.400. The van der Waals surface area contributed by atoms with E-state index < -0.39 is 0 Å². The van der Waals surface area contributed by atoms with Crippen molar-refractivity contribution in [3.05, 3.63) is 64.9 Å². The highest BCUT2D eigenvalue weighted by Gasteiger charge is 2.39. The SMILES string of the molecule is CCn1cc(CN2CCC(c3ccccc3)(c3csc(N)n3)CC2)cn1. The number of likely N-dealkylation sites (tertiary alicyclic amines) is 1. The minimum absolute atomic E-state index is 0.0283. The van der Waals surface area contributed by atoms with E-state index in [4.69, 9.17) is 5.73 Å². The molecule has 136 valence electrons. The highest BCUT2D eigenvalue weighted by atomic mass is 32.1. The zero-order valence-electron chi connectivity index (χ0n) is 15.1. The van der Waals surface area contributed by atoms with Gasteiger partial charge in [-0.15, -0.1) is 11.3 Å². The number of hydrogen-bond donors (Lipinski definition) is 1. The number of anilines is 1. The molecule has 26 heavy (non-hydrogen) atoms. The Balaban J connectivity index is 1.54. The molecule has 0 unspecified atom stereocenters. The molecule has 0 radical (unpaired) electrons. The van der Waals surface area contributed by atoms with Gasteiger partial charge in [0.05, 0.1) is 11.9 Å². The topological polar surface area (TPSA) is 60.0 Å². The Morgan fingerprint density at radius 3 is 2.58 bits per heavy atom. The fourth-order valence-corrected chi connectivity index (χ4v) is 4.63. The van der Waals surface area contributed by atoms with Crippen molar-refractivity contribution in [3.63, 3.8) is 0 Å². The second-order valence-electron chi connectivity index (χ2n) is 7.00. The third kappa shape index (κ3) is 3.27. The summed E-state index contributed by atoms with van der Waals surface area (Å²) in [5.74, 6) is 0. The van der Waals surface area contributed by atoms with Gasteiger partial charge in [0.2, 0.25) is 0 Å². The van der Waals surface area contributed by atoms with E-state index in [0.717, 1.165) is 44.7 Å². The molecule has 0 spiro atoms. The number of nitrogens with two attached hydrogens (primary N) is 1. The standard InChI is InChI=1S/C20H25N5S/c1-2-25-14-16(12-22-25)13-24-10-8-20(9-11-24,17-6-4-3-5-7-17)18-15-26-19(21)23-18/h3-7,12,14-15H,2,8-11,13H2,1H3,(H2,21,23). The second-order valence-corrected chi connectivity index (χ2v) is 7.89. The van der Waals surface area contributed by atoms with E-state index in [1.807, 2.05) is 10.9 Å². The molecule has 3 aromatic rings. The molecule has 1 aliphatic heterocycles. The Hall–Kier alpha value is -2.18. The summed E-state index contributed by atoms with van der Waals surface area (Å²) in [6.45, 7) is 6.09. The van der Waals surface area contributed by atoms with Crippen molar-refractivity contribution in [2.24, 2.45) is 0 Å². The van der Waals surface area contributed by atoms with E-state index in [-0.39, 0.29) is 5.41 Å². The van der Waals surface area contributed by atoms with Crippen LogP contribution in [0.2, 0.25) is 0 Å². The van der Waals surface area contributed by atoms with Gasteiger partial charge in [0, 0.05) is 35.6 Å². The minimum Gasteiger partial charge on any atom is -0.375 e. The van der Waals surface area contributed by atoms with Crippen LogP contribution in [-0.2, 0) is 18.5 Å². The Bertz CT molecular complexity index is 846. The molecule has 3 heterocycles. The zero-order chi connectivity index (χ0) is 18.0. The maximum atomic E-state index is 5.95. The van der Waals surface area contributed by atoms with E-state index in [2.05, 4.69) is 63.8 Å². The number of benzene rings is 1. The van der Waals surface area contributed by atoms with Crippen molar-refractivity contribution in [1.82, 2.24) is 19.7 Å². The third-order valence-corrected chi connectivity index (χ3v) is 6.14. The van der Waals surface area contributed by atoms with Gasteiger partial charge in [-0.05, 0) is 38.4 Å². The monoisotopic (exact) mass is 367 g/mol. The van der Waals surface area contributed by atoms with Crippen LogP contribution >= 0.6 is 11.3 Å². The molecule has 1 aliphatic rings. The highest BCUT2D eigenvalue weighted by molar-refractivity contribution is 7.13. The summed E-state index contributed by atoms with van der Waals surface area (Å²) >= 11 is 1.54. The molecule has 0 bridgehead atoms. The Morgan fingerprint density at radius 2 is 1.96 bits per heavy atom. The number of nitrogens with zero attached hydrogens (tertiary/aromatic N) is 4. The zero-order valence-corrected chi connectivity index (χ0v) is 16.0. The van der Waals surface area contributed by atoms with Gasteiger partial charge in [-0.2, -0.15) is 5.10 Å². The molecule has 0 atom stereocenters. The quantitative estimate of drug-likeness (QED) is 0.749. The summed E-state index contributed by atoms with van der Waals surface area (Å²) in [4.78, 5) is 7.19. The van der Waals surface area contributed by atoms with Crippen LogP contribution in [0.25, 0.3) is 0 Å².